The Balaban J connectivity index is 2.25. The molecule has 0 spiro atoms. The van der Waals surface area contributed by atoms with E-state index in [4.69, 9.17) is 9.47 Å². The molecule has 0 radical (unpaired) electrons. The standard InChI is InChI=1S/C19H22O5/c1-3-4-5-6-7-12-15(20)16(19(22)23-2)17-13-10-8-9-11-14(13)18(21)24-17/h8-11H,3-7,12H2,1-2H3/b17-16+. The van der Waals surface area contributed by atoms with Gasteiger partial charge in [0.05, 0.1) is 12.7 Å². The second-order valence-corrected chi connectivity index (χ2v) is 5.72. The van der Waals surface area contributed by atoms with Crippen molar-refractivity contribution in [1.82, 2.24) is 0 Å². The van der Waals surface area contributed by atoms with Crippen LogP contribution in [0.15, 0.2) is 29.8 Å². The zero-order valence-electron chi connectivity index (χ0n) is 14.1. The van der Waals surface area contributed by atoms with E-state index in [9.17, 15) is 14.4 Å². The van der Waals surface area contributed by atoms with Crippen LogP contribution < -0.4 is 0 Å². The van der Waals surface area contributed by atoms with Gasteiger partial charge in [0.2, 0.25) is 0 Å². The van der Waals surface area contributed by atoms with E-state index in [0.717, 1.165) is 25.7 Å². The van der Waals surface area contributed by atoms with Crippen LogP contribution in [0, 0.1) is 0 Å². The number of Topliss-reactive ketones (excluding diaryl/α,β-unsaturated/α-hetero) is 1. The fourth-order valence-electron chi connectivity index (χ4n) is 2.70. The van der Waals surface area contributed by atoms with Crippen LogP contribution in [-0.2, 0) is 19.1 Å². The molecule has 0 bridgehead atoms. The summed E-state index contributed by atoms with van der Waals surface area (Å²) in [7, 11) is 1.21. The lowest BCUT2D eigenvalue weighted by molar-refractivity contribution is -0.137. The van der Waals surface area contributed by atoms with E-state index >= 15 is 0 Å². The summed E-state index contributed by atoms with van der Waals surface area (Å²) >= 11 is 0. The summed E-state index contributed by atoms with van der Waals surface area (Å²) in [4.78, 5) is 36.6. The van der Waals surface area contributed by atoms with E-state index in [1.54, 1.807) is 24.3 Å². The Labute approximate surface area is 141 Å². The first-order valence-corrected chi connectivity index (χ1v) is 8.27. The molecule has 24 heavy (non-hydrogen) atoms. The fourth-order valence-corrected chi connectivity index (χ4v) is 2.70. The normalized spacial score (nSPS) is 14.8. The molecule has 0 fully saturated rings. The molecule has 1 aromatic carbocycles. The van der Waals surface area contributed by atoms with Gasteiger partial charge in [-0.05, 0) is 12.5 Å². The van der Waals surface area contributed by atoms with Gasteiger partial charge in [0.15, 0.2) is 11.5 Å². The second kappa shape index (κ2) is 8.43. The summed E-state index contributed by atoms with van der Waals surface area (Å²) < 4.78 is 9.93. The molecular weight excluding hydrogens is 308 g/mol. The smallest absolute Gasteiger partial charge is 0.345 e. The third-order valence-corrected chi connectivity index (χ3v) is 3.99. The Morgan fingerprint density at radius 2 is 1.71 bits per heavy atom. The van der Waals surface area contributed by atoms with Crippen molar-refractivity contribution in [3.8, 4) is 0 Å². The van der Waals surface area contributed by atoms with Gasteiger partial charge in [-0.1, -0.05) is 50.8 Å². The fraction of sp³-hybridized carbons (Fsp3) is 0.421. The second-order valence-electron chi connectivity index (χ2n) is 5.72. The number of unbranched alkanes of at least 4 members (excludes halogenated alkanes) is 4. The minimum Gasteiger partial charge on any atom is -0.465 e. The van der Waals surface area contributed by atoms with E-state index in [0.29, 0.717) is 17.5 Å². The first-order valence-electron chi connectivity index (χ1n) is 8.27. The van der Waals surface area contributed by atoms with E-state index in [2.05, 4.69) is 6.92 Å². The molecule has 0 aliphatic carbocycles. The molecule has 1 heterocycles. The number of carbonyl (C=O) groups excluding carboxylic acids is 3. The maximum Gasteiger partial charge on any atom is 0.345 e. The van der Waals surface area contributed by atoms with Gasteiger partial charge >= 0.3 is 11.9 Å². The highest BCUT2D eigenvalue weighted by Crippen LogP contribution is 2.33. The molecule has 2 rings (SSSR count). The van der Waals surface area contributed by atoms with Crippen molar-refractivity contribution in [3.63, 3.8) is 0 Å². The number of hydrogen-bond donors (Lipinski definition) is 0. The average molecular weight is 330 g/mol. The molecule has 0 amide bonds. The Hall–Kier alpha value is -2.43. The average Bonchev–Trinajstić information content (AvgIpc) is 2.92. The quantitative estimate of drug-likeness (QED) is 0.239. The minimum absolute atomic E-state index is 0.0148. The number of carbonyl (C=O) groups is 3. The number of hydrogen-bond acceptors (Lipinski definition) is 5. The molecule has 0 unspecified atom stereocenters. The number of benzene rings is 1. The largest absolute Gasteiger partial charge is 0.465 e. The number of ketones is 1. The van der Waals surface area contributed by atoms with Crippen LogP contribution in [0.2, 0.25) is 0 Å². The summed E-state index contributed by atoms with van der Waals surface area (Å²) in [5, 5.41) is 0. The first-order chi connectivity index (χ1) is 11.6. The maximum atomic E-state index is 12.5. The van der Waals surface area contributed by atoms with Crippen LogP contribution in [0.3, 0.4) is 0 Å². The topological polar surface area (TPSA) is 69.7 Å². The Kier molecular flexibility index (Phi) is 6.29. The Morgan fingerprint density at radius 1 is 1.04 bits per heavy atom. The summed E-state index contributed by atoms with van der Waals surface area (Å²) in [6, 6.07) is 6.70. The molecule has 0 N–H and O–H groups in total. The van der Waals surface area contributed by atoms with Crippen molar-refractivity contribution < 1.29 is 23.9 Å². The van der Waals surface area contributed by atoms with Crippen LogP contribution in [0.1, 0.15) is 61.4 Å². The van der Waals surface area contributed by atoms with Gasteiger partial charge in [0, 0.05) is 12.0 Å². The third kappa shape index (κ3) is 3.91. The SMILES string of the molecule is CCCCCCCC(=O)/C(C(=O)OC)=C1\OC(=O)c2ccccc21. The van der Waals surface area contributed by atoms with Crippen LogP contribution in [0.5, 0.6) is 0 Å². The minimum atomic E-state index is -0.770. The zero-order chi connectivity index (χ0) is 17.5. The van der Waals surface area contributed by atoms with Crippen LogP contribution >= 0.6 is 0 Å². The van der Waals surface area contributed by atoms with Crippen molar-refractivity contribution in [2.75, 3.05) is 7.11 Å². The first kappa shape index (κ1) is 17.9. The lowest BCUT2D eigenvalue weighted by Crippen LogP contribution is -2.17. The van der Waals surface area contributed by atoms with Crippen LogP contribution in [0.4, 0.5) is 0 Å². The van der Waals surface area contributed by atoms with Crippen molar-refractivity contribution in [2.45, 2.75) is 45.4 Å². The Morgan fingerprint density at radius 3 is 2.38 bits per heavy atom. The van der Waals surface area contributed by atoms with E-state index in [-0.39, 0.29) is 23.5 Å². The lowest BCUT2D eigenvalue weighted by atomic mass is 9.99. The molecule has 0 atom stereocenters. The summed E-state index contributed by atoms with van der Waals surface area (Å²) in [5.74, 6) is -1.66. The van der Waals surface area contributed by atoms with Crippen molar-refractivity contribution in [2.24, 2.45) is 0 Å². The number of rotatable bonds is 8. The molecule has 1 aliphatic rings. The number of methoxy groups -OCH3 is 1. The molecule has 5 heteroatoms. The molecule has 0 saturated heterocycles. The molecule has 128 valence electrons. The third-order valence-electron chi connectivity index (χ3n) is 3.99. The van der Waals surface area contributed by atoms with E-state index in [1.165, 1.54) is 7.11 Å². The van der Waals surface area contributed by atoms with E-state index < -0.39 is 11.9 Å². The van der Waals surface area contributed by atoms with Gasteiger partial charge in [-0.3, -0.25) is 4.79 Å². The molecule has 1 aromatic rings. The number of cyclic esters (lactones) is 1. The summed E-state index contributed by atoms with van der Waals surface area (Å²) in [6.07, 6.45) is 5.17. The monoisotopic (exact) mass is 330 g/mol. The van der Waals surface area contributed by atoms with Crippen LogP contribution in [-0.4, -0.2) is 24.8 Å². The highest BCUT2D eigenvalue weighted by Gasteiger charge is 2.34. The highest BCUT2D eigenvalue weighted by molar-refractivity contribution is 6.24. The van der Waals surface area contributed by atoms with Gasteiger partial charge in [-0.15, -0.1) is 0 Å². The van der Waals surface area contributed by atoms with Crippen molar-refractivity contribution in [1.29, 1.82) is 0 Å². The molecule has 1 aliphatic heterocycles. The van der Waals surface area contributed by atoms with Crippen molar-refractivity contribution in [3.05, 3.63) is 41.0 Å². The van der Waals surface area contributed by atoms with E-state index in [1.807, 2.05) is 0 Å². The predicted molar refractivity (Wildman–Crippen MR) is 89.2 cm³/mol. The lowest BCUT2D eigenvalue weighted by Gasteiger charge is -2.08. The molecular formula is C19H22O5. The predicted octanol–water partition coefficient (Wildman–Crippen LogP) is 3.67. The highest BCUT2D eigenvalue weighted by atomic mass is 16.5. The number of esters is 2. The van der Waals surface area contributed by atoms with Gasteiger partial charge in [-0.25, -0.2) is 9.59 Å². The van der Waals surface area contributed by atoms with Gasteiger partial charge in [0.25, 0.3) is 0 Å². The van der Waals surface area contributed by atoms with Crippen LogP contribution in [0.25, 0.3) is 5.76 Å². The number of fused-ring (bicyclic) bond motifs is 1. The molecule has 0 saturated carbocycles. The Bertz CT molecular complexity index is 672. The molecule has 0 aromatic heterocycles. The summed E-state index contributed by atoms with van der Waals surface area (Å²) in [5.41, 5.74) is 0.637. The van der Waals surface area contributed by atoms with Gasteiger partial charge in [0.1, 0.15) is 5.57 Å². The number of ether oxygens (including phenoxy) is 2. The zero-order valence-corrected chi connectivity index (χ0v) is 14.1. The maximum absolute atomic E-state index is 12.5. The molecule has 5 nitrogen and oxygen atoms in total. The van der Waals surface area contributed by atoms with Crippen molar-refractivity contribution >= 4 is 23.5 Å². The van der Waals surface area contributed by atoms with Gasteiger partial charge in [-0.2, -0.15) is 0 Å². The van der Waals surface area contributed by atoms with Gasteiger partial charge < -0.3 is 9.47 Å². The summed E-state index contributed by atoms with van der Waals surface area (Å²) in [6.45, 7) is 2.12.